The van der Waals surface area contributed by atoms with Gasteiger partial charge < -0.3 is 35.0 Å². The Morgan fingerprint density at radius 3 is 1.61 bits per heavy atom. The standard InChI is InChI=1S/C15H12O5.C11H14O3.C10H12O3.C7H7.2Na.H/c1-9-8-12(6-7-13(9)14(17)18)20-15(19)10-2-4-11(16)5-3-10;1-8(2)7-14-11(13)9-3-5-10(12)6-4-9;1-2-3-7-6-8(11)4-5-9(7)10(12)13;1-7-5-3-2-4-6-7;;;/h2-8,16H,1H3,(H,17,18);3-6,8,12H,7H2,1-2H3;4-6,11H,2-3H2,1H3,(H,12,13);2-6H,1H2;;;. The number of phenolic OH excluding ortho intramolecular Hbond substituents is 3. The average molecular weight is 785 g/mol. The molecule has 0 aliphatic carbocycles. The van der Waals surface area contributed by atoms with E-state index in [1.54, 1.807) is 6.92 Å². The van der Waals surface area contributed by atoms with Crippen LogP contribution in [0.5, 0.6) is 23.0 Å². The van der Waals surface area contributed by atoms with Crippen LogP contribution >= 0.6 is 0 Å². The summed E-state index contributed by atoms with van der Waals surface area (Å²) in [6.45, 7) is 7.96. The molecule has 0 fully saturated rings. The van der Waals surface area contributed by atoms with Gasteiger partial charge in [-0.3, -0.25) is 0 Å². The van der Waals surface area contributed by atoms with Crippen LogP contribution in [0.25, 0.3) is 0 Å². The average Bonchev–Trinajstić information content (AvgIpc) is 3.15. The summed E-state index contributed by atoms with van der Waals surface area (Å²) in [6.07, 6.45) is 1.54. The van der Waals surface area contributed by atoms with Crippen LogP contribution in [0.1, 0.15) is 85.3 Å². The summed E-state index contributed by atoms with van der Waals surface area (Å²) in [5, 5.41) is 45.0. The minimum atomic E-state index is -1.03. The second kappa shape index (κ2) is 26.3. The molecule has 286 valence electrons. The quantitative estimate of drug-likeness (QED) is 0.0534. The Morgan fingerprint density at radius 2 is 1.16 bits per heavy atom. The molecule has 5 aromatic carbocycles. The maximum absolute atomic E-state index is 11.8. The van der Waals surface area contributed by atoms with Crippen molar-refractivity contribution in [3.05, 3.63) is 154 Å². The topological polar surface area (TPSA) is 188 Å². The van der Waals surface area contributed by atoms with Crippen LogP contribution in [0.3, 0.4) is 0 Å². The monoisotopic (exact) mass is 784 g/mol. The molecule has 0 saturated carbocycles. The van der Waals surface area contributed by atoms with Crippen LogP contribution in [-0.2, 0) is 14.8 Å². The molecule has 0 aromatic heterocycles. The number of carbonyl (C=O) groups excluding carboxylic acids is 2. The van der Waals surface area contributed by atoms with Crippen LogP contribution < -0.4 is 4.74 Å². The zero-order valence-corrected chi connectivity index (χ0v) is 33.6. The molecule has 0 heterocycles. The number of ether oxygens (including phenoxy) is 2. The second-order valence-electron chi connectivity index (χ2n) is 12.5. The first kappa shape index (κ1) is 49.4. The molecule has 5 rings (SSSR count). The van der Waals surface area contributed by atoms with Gasteiger partial charge in [0.1, 0.15) is 23.0 Å². The third-order valence-electron chi connectivity index (χ3n) is 7.48. The molecular weight excluding hydrogens is 738 g/mol. The van der Waals surface area contributed by atoms with E-state index in [4.69, 9.17) is 35.0 Å². The molecule has 0 saturated heterocycles. The zero-order chi connectivity index (χ0) is 40.9. The number of esters is 2. The van der Waals surface area contributed by atoms with Gasteiger partial charge in [0, 0.05) is 0 Å². The van der Waals surface area contributed by atoms with Gasteiger partial charge in [-0.05, 0) is 115 Å². The number of aromatic carboxylic acids is 2. The number of hydrogen-bond donors (Lipinski definition) is 5. The fourth-order valence-electron chi connectivity index (χ4n) is 4.60. The molecule has 0 radical (unpaired) electrons. The summed E-state index contributed by atoms with van der Waals surface area (Å²) in [4.78, 5) is 44.8. The van der Waals surface area contributed by atoms with Crippen LogP contribution in [-0.4, -0.2) is 114 Å². The molecular formula is C43H46Na2O11. The Kier molecular flexibility index (Phi) is 23.2. The second-order valence-corrected chi connectivity index (χ2v) is 13.2. The van der Waals surface area contributed by atoms with Crippen molar-refractivity contribution in [1.29, 1.82) is 0 Å². The summed E-state index contributed by atoms with van der Waals surface area (Å²) in [5.41, 5.74) is 3.86. The van der Waals surface area contributed by atoms with E-state index in [1.807, 2.05) is 20.8 Å². The van der Waals surface area contributed by atoms with Crippen molar-refractivity contribution in [2.24, 2.45) is 5.92 Å². The van der Waals surface area contributed by atoms with Gasteiger partial charge in [0.15, 0.2) is 0 Å². The van der Waals surface area contributed by atoms with E-state index >= 15 is 0 Å². The Hall–Kier alpha value is -4.62. The summed E-state index contributed by atoms with van der Waals surface area (Å²) in [7, 11) is 0. The van der Waals surface area contributed by atoms with E-state index in [1.165, 1.54) is 122 Å². The van der Waals surface area contributed by atoms with Gasteiger partial charge in [0.05, 0.1) is 28.9 Å². The summed E-state index contributed by atoms with van der Waals surface area (Å²) in [6, 6.07) is 30.9. The molecule has 5 aromatic rings. The molecule has 0 spiro atoms. The van der Waals surface area contributed by atoms with Gasteiger partial charge in [-0.25, -0.2) is 19.2 Å². The minimum absolute atomic E-state index is 0. The Labute approximate surface area is 366 Å². The number of aryl methyl sites for hydroxylation is 2. The third kappa shape index (κ3) is 18.3. The number of hydrogen-bond acceptors (Lipinski definition) is 9. The van der Waals surface area contributed by atoms with E-state index in [9.17, 15) is 19.2 Å². The van der Waals surface area contributed by atoms with Gasteiger partial charge in [0.2, 0.25) is 0 Å². The molecule has 0 amide bonds. The molecule has 11 nitrogen and oxygen atoms in total. The summed E-state index contributed by atoms with van der Waals surface area (Å²) in [5.74, 6) is -1.97. The predicted octanol–water partition coefficient (Wildman–Crippen LogP) is 7.57. The van der Waals surface area contributed by atoms with E-state index in [0.29, 0.717) is 41.2 Å². The molecule has 5 N–H and O–H groups in total. The number of carbonyl (C=O) groups is 4. The predicted molar refractivity (Wildman–Crippen MR) is 217 cm³/mol. The van der Waals surface area contributed by atoms with E-state index < -0.39 is 17.9 Å². The molecule has 0 atom stereocenters. The zero-order valence-electron chi connectivity index (χ0n) is 31.6. The summed E-state index contributed by atoms with van der Waals surface area (Å²) < 4.78 is 11.4. The maximum atomic E-state index is 11.8. The molecule has 0 aliphatic rings. The van der Waals surface area contributed by atoms with Crippen molar-refractivity contribution >= 4 is 81.4 Å². The Bertz CT molecular complexity index is 1980. The van der Waals surface area contributed by atoms with E-state index in [2.05, 4.69) is 30.3 Å². The van der Waals surface area contributed by atoms with E-state index in [-0.39, 0.29) is 69.7 Å². The number of carboxylic acids is 2. The van der Waals surface area contributed by atoms with Gasteiger partial charge in [-0.1, -0.05) is 27.2 Å². The van der Waals surface area contributed by atoms with Gasteiger partial charge in [0.25, 0.3) is 0 Å². The van der Waals surface area contributed by atoms with Crippen LogP contribution in [0.4, 0.5) is 0 Å². The number of aromatic hydroxyl groups is 3. The van der Waals surface area contributed by atoms with Crippen LogP contribution in [0, 0.1) is 12.8 Å². The van der Waals surface area contributed by atoms with Crippen molar-refractivity contribution in [3.8, 4) is 23.0 Å². The molecule has 0 aliphatic heterocycles. The van der Waals surface area contributed by atoms with Crippen molar-refractivity contribution < 1.29 is 54.2 Å². The van der Waals surface area contributed by atoms with Crippen LogP contribution in [0.15, 0.2) is 115 Å². The number of rotatable bonds is 10. The first-order valence-electron chi connectivity index (χ1n) is 17.5. The normalized spacial score (nSPS) is 9.77. The Morgan fingerprint density at radius 1 is 0.661 bits per heavy atom. The van der Waals surface area contributed by atoms with Gasteiger partial charge in [-0.2, -0.15) is 0 Å². The first-order chi connectivity index (χ1) is 26.1. The van der Waals surface area contributed by atoms with Crippen molar-refractivity contribution in [2.45, 2.75) is 44.2 Å². The van der Waals surface area contributed by atoms with Crippen molar-refractivity contribution in [1.82, 2.24) is 0 Å². The Balaban J connectivity index is 0.000000388. The van der Waals surface area contributed by atoms with E-state index in [0.717, 1.165) is 6.42 Å². The molecule has 0 bridgehead atoms. The first-order valence-corrected chi connectivity index (χ1v) is 19.0. The fraction of sp³-hybridized carbons (Fsp3) is 0.209. The van der Waals surface area contributed by atoms with Crippen molar-refractivity contribution in [2.75, 3.05) is 6.61 Å². The van der Waals surface area contributed by atoms with Gasteiger partial charge >= 0.3 is 121 Å². The molecule has 0 unspecified atom stereocenters. The van der Waals surface area contributed by atoms with Gasteiger partial charge in [-0.15, -0.1) is 0 Å². The van der Waals surface area contributed by atoms with Crippen LogP contribution in [0.2, 0.25) is 0 Å². The molecule has 13 heteroatoms. The van der Waals surface area contributed by atoms with Crippen molar-refractivity contribution in [3.63, 3.8) is 0 Å². The molecule has 56 heavy (non-hydrogen) atoms. The number of carboxylic acid groups (broad SMARTS) is 2. The SMILES string of the molecule is CC(C)COC(=O)c1ccc(O)cc1.CCCc1cc(O)ccc1C(=O)O.Cc1cc(OC(=O)c2ccc(O)cc2)ccc1C(=O)O.[NaH].[Na][CH2]c1ccccc1. The number of phenols is 3. The number of benzene rings is 5. The fourth-order valence-corrected chi connectivity index (χ4v) is 5.08. The summed E-state index contributed by atoms with van der Waals surface area (Å²) >= 11 is 1.28. The third-order valence-corrected chi connectivity index (χ3v) is 8.30.